The molecule has 0 aromatic heterocycles. The zero-order chi connectivity index (χ0) is 20.1. The summed E-state index contributed by atoms with van der Waals surface area (Å²) in [4.78, 5) is 0. The lowest BCUT2D eigenvalue weighted by Crippen LogP contribution is -2.10. The first-order valence-corrected chi connectivity index (χ1v) is 10.5. The lowest BCUT2D eigenvalue weighted by molar-refractivity contribution is 0.845. The summed E-state index contributed by atoms with van der Waals surface area (Å²) in [6.45, 7) is 4.54. The Morgan fingerprint density at radius 3 is 1.38 bits per heavy atom. The van der Waals surface area contributed by atoms with Gasteiger partial charge in [0.1, 0.15) is 0 Å². The van der Waals surface area contributed by atoms with Crippen molar-refractivity contribution in [2.45, 2.75) is 32.1 Å². The van der Waals surface area contributed by atoms with Gasteiger partial charge in [0.05, 0.1) is 0 Å². The summed E-state index contributed by atoms with van der Waals surface area (Å²) in [7, 11) is 0. The van der Waals surface area contributed by atoms with Crippen molar-refractivity contribution < 1.29 is 0 Å². The van der Waals surface area contributed by atoms with E-state index in [0.29, 0.717) is 11.8 Å². The van der Waals surface area contributed by atoms with E-state index in [1.807, 2.05) is 0 Å². The highest BCUT2D eigenvalue weighted by Crippen LogP contribution is 2.35. The van der Waals surface area contributed by atoms with Crippen molar-refractivity contribution in [3.8, 4) is 0 Å². The number of benzene rings is 4. The molecule has 0 unspecified atom stereocenters. The van der Waals surface area contributed by atoms with Crippen LogP contribution in [0.2, 0.25) is 0 Å². The highest BCUT2D eigenvalue weighted by atomic mass is 14.2. The van der Waals surface area contributed by atoms with Gasteiger partial charge in [0.25, 0.3) is 0 Å². The van der Waals surface area contributed by atoms with E-state index in [1.165, 1.54) is 33.4 Å². The standard InChI is InChI=1S/C15H14.C14H14/c1-11-14-8-4-2-6-12(14)10-13-7-3-5-9-15(11)13;1-12(13-8-4-2-5-9-13)14-10-6-3-7-11-14/h2-9,11H,10H2,1H3;2-12H,1H3. The molecule has 0 saturated carbocycles. The molecule has 144 valence electrons. The predicted octanol–water partition coefficient (Wildman–Crippen LogP) is 7.58. The first kappa shape index (κ1) is 19.2. The Bertz CT molecular complexity index is 962. The van der Waals surface area contributed by atoms with E-state index in [-0.39, 0.29) is 0 Å². The van der Waals surface area contributed by atoms with Gasteiger partial charge in [-0.1, -0.05) is 123 Å². The Morgan fingerprint density at radius 1 is 0.552 bits per heavy atom. The highest BCUT2D eigenvalue weighted by Gasteiger charge is 2.20. The minimum Gasteiger partial charge on any atom is -0.0622 e. The van der Waals surface area contributed by atoms with Crippen LogP contribution in [0.5, 0.6) is 0 Å². The van der Waals surface area contributed by atoms with E-state index in [0.717, 1.165) is 6.42 Å². The Balaban J connectivity index is 0.000000142. The average molecular weight is 377 g/mol. The second-order valence-electron chi connectivity index (χ2n) is 7.84. The van der Waals surface area contributed by atoms with E-state index in [1.54, 1.807) is 0 Å². The van der Waals surface area contributed by atoms with E-state index in [2.05, 4.69) is 123 Å². The maximum Gasteiger partial charge on any atom is 0.00666 e. The molecule has 0 aliphatic heterocycles. The predicted molar refractivity (Wildman–Crippen MR) is 124 cm³/mol. The first-order valence-electron chi connectivity index (χ1n) is 10.5. The van der Waals surface area contributed by atoms with Crippen LogP contribution < -0.4 is 0 Å². The number of rotatable bonds is 2. The maximum atomic E-state index is 2.30. The van der Waals surface area contributed by atoms with Crippen LogP contribution in [0.1, 0.15) is 59.1 Å². The van der Waals surface area contributed by atoms with E-state index >= 15 is 0 Å². The van der Waals surface area contributed by atoms with Gasteiger partial charge in [0, 0.05) is 11.8 Å². The third-order valence-electron chi connectivity index (χ3n) is 6.02. The molecule has 5 rings (SSSR count). The van der Waals surface area contributed by atoms with Crippen molar-refractivity contribution >= 4 is 0 Å². The first-order chi connectivity index (χ1) is 14.2. The van der Waals surface area contributed by atoms with Crippen LogP contribution in [0, 0.1) is 0 Å². The van der Waals surface area contributed by atoms with Crippen LogP contribution in [0.3, 0.4) is 0 Å². The van der Waals surface area contributed by atoms with Crippen LogP contribution in [0.25, 0.3) is 0 Å². The van der Waals surface area contributed by atoms with Gasteiger partial charge in [-0.3, -0.25) is 0 Å². The van der Waals surface area contributed by atoms with Gasteiger partial charge >= 0.3 is 0 Å². The number of fused-ring (bicyclic) bond motifs is 2. The van der Waals surface area contributed by atoms with Crippen LogP contribution in [0.15, 0.2) is 109 Å². The lowest BCUT2D eigenvalue weighted by Gasteiger charge is -2.25. The SMILES string of the molecule is CC(c1ccccc1)c1ccccc1.CC1c2ccccc2Cc2ccccc21. The second kappa shape index (κ2) is 8.92. The molecule has 29 heavy (non-hydrogen) atoms. The molecule has 0 atom stereocenters. The molecule has 0 fully saturated rings. The van der Waals surface area contributed by atoms with E-state index < -0.39 is 0 Å². The molecule has 1 aliphatic rings. The Kier molecular flexibility index (Phi) is 5.91. The largest absolute Gasteiger partial charge is 0.0622 e. The summed E-state index contributed by atoms with van der Waals surface area (Å²) in [5, 5.41) is 0. The maximum absolute atomic E-state index is 2.30. The molecule has 0 heterocycles. The van der Waals surface area contributed by atoms with Crippen LogP contribution in [-0.2, 0) is 6.42 Å². The highest BCUT2D eigenvalue weighted by molar-refractivity contribution is 5.48. The zero-order valence-electron chi connectivity index (χ0n) is 17.3. The van der Waals surface area contributed by atoms with Gasteiger partial charge < -0.3 is 0 Å². The minimum absolute atomic E-state index is 0.484. The molecule has 0 saturated heterocycles. The number of hydrogen-bond acceptors (Lipinski definition) is 0. The molecular formula is C29H28. The fraction of sp³-hybridized carbons (Fsp3) is 0.172. The van der Waals surface area contributed by atoms with Crippen LogP contribution in [-0.4, -0.2) is 0 Å². The van der Waals surface area contributed by atoms with Gasteiger partial charge in [-0.15, -0.1) is 0 Å². The molecular weight excluding hydrogens is 348 g/mol. The van der Waals surface area contributed by atoms with Gasteiger partial charge in [-0.05, 0) is 39.8 Å². The average Bonchev–Trinajstić information content (AvgIpc) is 2.80. The van der Waals surface area contributed by atoms with Gasteiger partial charge in [0.15, 0.2) is 0 Å². The Hall–Kier alpha value is -3.12. The molecule has 4 aromatic carbocycles. The number of hydrogen-bond donors (Lipinski definition) is 0. The molecule has 1 aliphatic carbocycles. The summed E-state index contributed by atoms with van der Waals surface area (Å²) in [5.41, 5.74) is 8.72. The van der Waals surface area contributed by atoms with E-state index in [4.69, 9.17) is 0 Å². The van der Waals surface area contributed by atoms with Crippen LogP contribution in [0.4, 0.5) is 0 Å². The third-order valence-corrected chi connectivity index (χ3v) is 6.02. The molecule has 0 nitrogen and oxygen atoms in total. The van der Waals surface area contributed by atoms with Crippen LogP contribution >= 0.6 is 0 Å². The molecule has 0 spiro atoms. The Labute approximate surface area is 174 Å². The van der Waals surface area contributed by atoms with Crippen molar-refractivity contribution in [1.82, 2.24) is 0 Å². The fourth-order valence-electron chi connectivity index (χ4n) is 4.28. The smallest absolute Gasteiger partial charge is 0.00666 e. The van der Waals surface area contributed by atoms with Crippen molar-refractivity contribution in [3.05, 3.63) is 143 Å². The normalized spacial score (nSPS) is 12.5. The van der Waals surface area contributed by atoms with Crippen molar-refractivity contribution in [2.24, 2.45) is 0 Å². The summed E-state index contributed by atoms with van der Waals surface area (Å²) in [6.07, 6.45) is 1.09. The third kappa shape index (κ3) is 4.32. The molecule has 0 N–H and O–H groups in total. The molecule has 0 heteroatoms. The zero-order valence-corrected chi connectivity index (χ0v) is 17.3. The fourth-order valence-corrected chi connectivity index (χ4v) is 4.28. The molecule has 4 aromatic rings. The van der Waals surface area contributed by atoms with Gasteiger partial charge in [0.2, 0.25) is 0 Å². The topological polar surface area (TPSA) is 0 Å². The van der Waals surface area contributed by atoms with Gasteiger partial charge in [-0.2, -0.15) is 0 Å². The van der Waals surface area contributed by atoms with Gasteiger partial charge in [-0.25, -0.2) is 0 Å². The lowest BCUT2D eigenvalue weighted by atomic mass is 9.79. The summed E-state index contributed by atoms with van der Waals surface area (Å²) in [5.74, 6) is 1.03. The summed E-state index contributed by atoms with van der Waals surface area (Å²) >= 11 is 0. The summed E-state index contributed by atoms with van der Waals surface area (Å²) < 4.78 is 0. The monoisotopic (exact) mass is 376 g/mol. The van der Waals surface area contributed by atoms with Crippen molar-refractivity contribution in [2.75, 3.05) is 0 Å². The van der Waals surface area contributed by atoms with E-state index in [9.17, 15) is 0 Å². The molecule has 0 bridgehead atoms. The second-order valence-corrected chi connectivity index (χ2v) is 7.84. The van der Waals surface area contributed by atoms with Crippen molar-refractivity contribution in [3.63, 3.8) is 0 Å². The molecule has 0 radical (unpaired) electrons. The summed E-state index contributed by atoms with van der Waals surface area (Å²) in [6, 6.07) is 38.8. The minimum atomic E-state index is 0.484. The molecule has 0 amide bonds. The van der Waals surface area contributed by atoms with Crippen molar-refractivity contribution in [1.29, 1.82) is 0 Å². The Morgan fingerprint density at radius 2 is 0.931 bits per heavy atom. The quantitative estimate of drug-likeness (QED) is 0.338.